The van der Waals surface area contributed by atoms with Crippen molar-refractivity contribution in [3.63, 3.8) is 0 Å². The molecule has 114 valence electrons. The summed E-state index contributed by atoms with van der Waals surface area (Å²) in [5, 5.41) is 7.41. The minimum absolute atomic E-state index is 0.269. The fraction of sp³-hybridized carbons (Fsp3) is 0.538. The lowest BCUT2D eigenvalue weighted by molar-refractivity contribution is -0.137. The number of benzene rings is 1. The van der Waals surface area contributed by atoms with Crippen LogP contribution >= 0.6 is 0 Å². The Kier molecular flexibility index (Phi) is 4.86. The molecule has 0 saturated carbocycles. The normalized spacial score (nSPS) is 17.6. The molecule has 20 heavy (non-hydrogen) atoms. The molecular formula is C13H17F3O3S. The van der Waals surface area contributed by atoms with Gasteiger partial charge in [-0.1, -0.05) is 12.1 Å². The van der Waals surface area contributed by atoms with Crippen LogP contribution in [0.4, 0.5) is 13.2 Å². The maximum absolute atomic E-state index is 12.4. The minimum atomic E-state index is -4.45. The highest BCUT2D eigenvalue weighted by molar-refractivity contribution is 7.92. The van der Waals surface area contributed by atoms with Crippen molar-refractivity contribution >= 4 is 9.84 Å². The molecule has 1 aromatic carbocycles. The summed E-state index contributed by atoms with van der Waals surface area (Å²) >= 11 is 0. The second-order valence-corrected chi connectivity index (χ2v) is 7.43. The van der Waals surface area contributed by atoms with E-state index in [-0.39, 0.29) is 5.56 Å². The Bertz CT molecular complexity index is 547. The van der Waals surface area contributed by atoms with Crippen LogP contribution in [0.5, 0.6) is 0 Å². The molecule has 0 bridgehead atoms. The first-order chi connectivity index (χ1) is 8.98. The van der Waals surface area contributed by atoms with E-state index >= 15 is 0 Å². The van der Waals surface area contributed by atoms with E-state index in [1.807, 2.05) is 0 Å². The molecule has 3 nitrogen and oxygen atoms in total. The van der Waals surface area contributed by atoms with E-state index in [0.29, 0.717) is 0 Å². The van der Waals surface area contributed by atoms with Crippen molar-refractivity contribution in [1.29, 1.82) is 0 Å². The van der Waals surface area contributed by atoms with Crippen molar-refractivity contribution in [3.05, 3.63) is 35.4 Å². The topological polar surface area (TPSA) is 54.4 Å². The first-order valence-electron chi connectivity index (χ1n) is 6.06. The number of aliphatic hydroxyl groups excluding tert-OH is 1. The quantitative estimate of drug-likeness (QED) is 0.930. The molecule has 0 aromatic heterocycles. The van der Waals surface area contributed by atoms with Gasteiger partial charge in [-0.3, -0.25) is 0 Å². The summed E-state index contributed by atoms with van der Waals surface area (Å²) in [5.74, 6) is 0. The Hall–Kier alpha value is -1.08. The fourth-order valence-corrected chi connectivity index (χ4v) is 3.46. The SMILES string of the molecule is C[C@H](O)[C@@H](C)S(=O)(=O)[C@@H](C)c1ccc(C(F)(F)F)cc1. The molecule has 0 radical (unpaired) electrons. The monoisotopic (exact) mass is 310 g/mol. The van der Waals surface area contributed by atoms with Crippen molar-refractivity contribution in [3.8, 4) is 0 Å². The van der Waals surface area contributed by atoms with E-state index in [4.69, 9.17) is 0 Å². The minimum Gasteiger partial charge on any atom is -0.392 e. The molecule has 1 rings (SSSR count). The third kappa shape index (κ3) is 3.52. The number of aliphatic hydroxyl groups is 1. The summed E-state index contributed by atoms with van der Waals surface area (Å²) in [6, 6.07) is 4.02. The Balaban J connectivity index is 3.07. The van der Waals surface area contributed by atoms with Gasteiger partial charge in [-0.25, -0.2) is 8.42 Å². The average Bonchev–Trinajstić information content (AvgIpc) is 2.35. The standard InChI is InChI=1S/C13H17F3O3S/c1-8(17)9(2)20(18,19)10(3)11-4-6-12(7-5-11)13(14,15)16/h4-10,17H,1-3H3/t8-,9+,10-/m0/s1. The van der Waals surface area contributed by atoms with Crippen LogP contribution in [0.3, 0.4) is 0 Å². The van der Waals surface area contributed by atoms with E-state index in [1.54, 1.807) is 0 Å². The second-order valence-electron chi connectivity index (χ2n) is 4.80. The van der Waals surface area contributed by atoms with Gasteiger partial charge in [0.05, 0.1) is 22.2 Å². The highest BCUT2D eigenvalue weighted by Crippen LogP contribution is 2.32. The van der Waals surface area contributed by atoms with Gasteiger partial charge in [0.15, 0.2) is 9.84 Å². The van der Waals surface area contributed by atoms with Gasteiger partial charge in [-0.15, -0.1) is 0 Å². The third-order valence-electron chi connectivity index (χ3n) is 3.40. The van der Waals surface area contributed by atoms with E-state index in [2.05, 4.69) is 0 Å². The van der Waals surface area contributed by atoms with E-state index in [1.165, 1.54) is 20.8 Å². The number of sulfone groups is 1. The molecule has 0 saturated heterocycles. The van der Waals surface area contributed by atoms with Crippen LogP contribution in [0, 0.1) is 0 Å². The zero-order valence-electron chi connectivity index (χ0n) is 11.3. The summed E-state index contributed by atoms with van der Waals surface area (Å²) in [5.41, 5.74) is -0.556. The average molecular weight is 310 g/mol. The third-order valence-corrected chi connectivity index (χ3v) is 6.09. The lowest BCUT2D eigenvalue weighted by Gasteiger charge is -2.21. The number of rotatable bonds is 4. The Morgan fingerprint density at radius 1 is 1.05 bits per heavy atom. The van der Waals surface area contributed by atoms with Crippen molar-refractivity contribution < 1.29 is 26.7 Å². The molecule has 0 aliphatic carbocycles. The van der Waals surface area contributed by atoms with Crippen LogP contribution in [0.25, 0.3) is 0 Å². The summed E-state index contributed by atoms with van der Waals surface area (Å²) in [6.45, 7) is 4.14. The maximum Gasteiger partial charge on any atom is 0.416 e. The number of hydrogen-bond acceptors (Lipinski definition) is 3. The molecule has 0 spiro atoms. The molecule has 0 amide bonds. The van der Waals surface area contributed by atoms with Gasteiger partial charge < -0.3 is 5.11 Å². The molecule has 1 aromatic rings. The van der Waals surface area contributed by atoms with Crippen LogP contribution in [0.2, 0.25) is 0 Å². The smallest absolute Gasteiger partial charge is 0.392 e. The molecule has 0 aliphatic rings. The van der Waals surface area contributed by atoms with Crippen molar-refractivity contribution in [2.24, 2.45) is 0 Å². The first-order valence-corrected chi connectivity index (χ1v) is 7.66. The van der Waals surface area contributed by atoms with E-state index < -0.39 is 38.2 Å². The van der Waals surface area contributed by atoms with Crippen LogP contribution in [-0.4, -0.2) is 24.9 Å². The van der Waals surface area contributed by atoms with Crippen LogP contribution in [-0.2, 0) is 16.0 Å². The lowest BCUT2D eigenvalue weighted by atomic mass is 10.1. The van der Waals surface area contributed by atoms with Crippen LogP contribution in [0.1, 0.15) is 37.1 Å². The van der Waals surface area contributed by atoms with Crippen molar-refractivity contribution in [1.82, 2.24) is 0 Å². The van der Waals surface area contributed by atoms with Gasteiger partial charge in [-0.05, 0) is 38.5 Å². The Morgan fingerprint density at radius 2 is 1.50 bits per heavy atom. The number of halogens is 3. The Morgan fingerprint density at radius 3 is 1.85 bits per heavy atom. The van der Waals surface area contributed by atoms with Gasteiger partial charge in [-0.2, -0.15) is 13.2 Å². The van der Waals surface area contributed by atoms with Crippen LogP contribution < -0.4 is 0 Å². The van der Waals surface area contributed by atoms with E-state index in [0.717, 1.165) is 24.3 Å². The molecule has 1 N–H and O–H groups in total. The predicted octanol–water partition coefficient (Wildman–Crippen LogP) is 2.95. The van der Waals surface area contributed by atoms with E-state index in [9.17, 15) is 26.7 Å². The Labute approximate surface area is 116 Å². The molecule has 0 aliphatic heterocycles. The van der Waals surface area contributed by atoms with Gasteiger partial charge in [0.2, 0.25) is 0 Å². The predicted molar refractivity (Wildman–Crippen MR) is 69.9 cm³/mol. The molecule has 0 heterocycles. The highest BCUT2D eigenvalue weighted by atomic mass is 32.2. The number of hydrogen-bond donors (Lipinski definition) is 1. The van der Waals surface area contributed by atoms with Crippen molar-refractivity contribution in [2.75, 3.05) is 0 Å². The zero-order chi connectivity index (χ0) is 15.7. The summed E-state index contributed by atoms with van der Waals surface area (Å²) in [4.78, 5) is 0. The zero-order valence-corrected chi connectivity index (χ0v) is 12.2. The summed E-state index contributed by atoms with van der Waals surface area (Å²) in [7, 11) is -3.67. The van der Waals surface area contributed by atoms with Crippen LogP contribution in [0.15, 0.2) is 24.3 Å². The van der Waals surface area contributed by atoms with Gasteiger partial charge in [0, 0.05) is 0 Å². The summed E-state index contributed by atoms with van der Waals surface area (Å²) in [6.07, 6.45) is -5.50. The highest BCUT2D eigenvalue weighted by Gasteiger charge is 2.33. The van der Waals surface area contributed by atoms with Gasteiger partial charge in [0.25, 0.3) is 0 Å². The fourth-order valence-electron chi connectivity index (χ4n) is 1.73. The largest absolute Gasteiger partial charge is 0.416 e. The molecular weight excluding hydrogens is 293 g/mol. The molecule has 7 heteroatoms. The molecule has 0 fully saturated rings. The van der Waals surface area contributed by atoms with Gasteiger partial charge in [0.1, 0.15) is 0 Å². The second kappa shape index (κ2) is 5.73. The molecule has 0 unspecified atom stereocenters. The number of alkyl halides is 3. The maximum atomic E-state index is 12.4. The van der Waals surface area contributed by atoms with Crippen molar-refractivity contribution in [2.45, 2.75) is 43.6 Å². The molecule has 3 atom stereocenters. The first kappa shape index (κ1) is 17.0. The summed E-state index contributed by atoms with van der Waals surface area (Å²) < 4.78 is 61.7. The lowest BCUT2D eigenvalue weighted by Crippen LogP contribution is -2.32. The van der Waals surface area contributed by atoms with Gasteiger partial charge >= 0.3 is 6.18 Å².